The topological polar surface area (TPSA) is 75.9 Å². The number of benzene rings is 1. The fourth-order valence-electron chi connectivity index (χ4n) is 3.98. The highest BCUT2D eigenvalue weighted by atomic mass is 32.2. The number of carbonyl (C=O) groups excluding carboxylic acids is 1. The molecule has 1 saturated heterocycles. The Labute approximate surface area is 179 Å². The number of piperidine rings is 1. The highest BCUT2D eigenvalue weighted by molar-refractivity contribution is 7.99. The molecule has 2 aromatic heterocycles. The van der Waals surface area contributed by atoms with Crippen LogP contribution in [0.4, 0.5) is 11.5 Å². The molecule has 8 heteroatoms. The summed E-state index contributed by atoms with van der Waals surface area (Å²) in [6.45, 7) is 4.52. The van der Waals surface area contributed by atoms with E-state index in [1.807, 2.05) is 43.3 Å². The lowest BCUT2D eigenvalue weighted by Gasteiger charge is -2.32. The van der Waals surface area contributed by atoms with Crippen molar-refractivity contribution in [1.29, 1.82) is 0 Å². The number of carbonyl (C=O) groups is 1. The van der Waals surface area contributed by atoms with E-state index in [-0.39, 0.29) is 11.8 Å². The lowest BCUT2D eigenvalue weighted by atomic mass is 9.97. The Morgan fingerprint density at radius 1 is 1.13 bits per heavy atom. The molecule has 1 N–H and O–H groups in total. The minimum absolute atomic E-state index is 0.0601. The average molecular weight is 421 g/mol. The van der Waals surface area contributed by atoms with Gasteiger partial charge in [0.2, 0.25) is 5.91 Å². The lowest BCUT2D eigenvalue weighted by molar-refractivity contribution is -0.120. The molecular formula is C22H24N6OS. The summed E-state index contributed by atoms with van der Waals surface area (Å²) < 4.78 is 2.20. The summed E-state index contributed by atoms with van der Waals surface area (Å²) >= 11 is 1.79. The van der Waals surface area contributed by atoms with Gasteiger partial charge in [0.25, 0.3) is 0 Å². The van der Waals surface area contributed by atoms with Gasteiger partial charge in [-0.3, -0.25) is 4.79 Å². The second kappa shape index (κ2) is 8.10. The van der Waals surface area contributed by atoms with Crippen LogP contribution in [0.5, 0.6) is 0 Å². The predicted molar refractivity (Wildman–Crippen MR) is 119 cm³/mol. The Hall–Kier alpha value is -2.87. The van der Waals surface area contributed by atoms with Crippen LogP contribution in [-0.4, -0.2) is 44.5 Å². The van der Waals surface area contributed by atoms with E-state index in [1.165, 1.54) is 0 Å². The van der Waals surface area contributed by atoms with Crippen LogP contribution in [-0.2, 0) is 11.3 Å². The number of thioether (sulfide) groups is 1. The summed E-state index contributed by atoms with van der Waals surface area (Å²) in [5, 5.41) is 12.6. The van der Waals surface area contributed by atoms with Gasteiger partial charge < -0.3 is 14.8 Å². The Kier molecular flexibility index (Phi) is 5.16. The van der Waals surface area contributed by atoms with Crippen LogP contribution in [0.15, 0.2) is 47.8 Å². The van der Waals surface area contributed by atoms with Gasteiger partial charge in [0.15, 0.2) is 11.0 Å². The lowest BCUT2D eigenvalue weighted by Crippen LogP contribution is -2.41. The van der Waals surface area contributed by atoms with Crippen molar-refractivity contribution in [1.82, 2.24) is 19.7 Å². The molecule has 0 bridgehead atoms. The first-order valence-electron chi connectivity index (χ1n) is 10.3. The number of aryl methyl sites for hydroxylation is 2. The molecule has 1 fully saturated rings. The zero-order chi connectivity index (χ0) is 20.5. The number of aromatic nitrogens is 4. The minimum Gasteiger partial charge on any atom is -0.354 e. The fraction of sp³-hybridized carbons (Fsp3) is 0.364. The van der Waals surface area contributed by atoms with E-state index in [0.29, 0.717) is 6.54 Å². The molecule has 2 aliphatic heterocycles. The van der Waals surface area contributed by atoms with Crippen LogP contribution in [0.2, 0.25) is 0 Å². The van der Waals surface area contributed by atoms with Gasteiger partial charge in [-0.2, -0.15) is 5.10 Å². The zero-order valence-corrected chi connectivity index (χ0v) is 17.7. The second-order valence-electron chi connectivity index (χ2n) is 7.84. The summed E-state index contributed by atoms with van der Waals surface area (Å²) in [6, 6.07) is 11.9. The van der Waals surface area contributed by atoms with E-state index >= 15 is 0 Å². The highest BCUT2D eigenvalue weighted by Crippen LogP contribution is 2.29. The molecule has 5 rings (SSSR count). The van der Waals surface area contributed by atoms with Crippen LogP contribution < -0.4 is 10.2 Å². The largest absolute Gasteiger partial charge is 0.354 e. The molecule has 2 aliphatic rings. The van der Waals surface area contributed by atoms with Gasteiger partial charge in [-0.05, 0) is 44.0 Å². The van der Waals surface area contributed by atoms with E-state index in [9.17, 15) is 4.79 Å². The summed E-state index contributed by atoms with van der Waals surface area (Å²) in [5.41, 5.74) is 3.76. The number of nitrogens with one attached hydrogen (secondary N) is 1. The molecule has 30 heavy (non-hydrogen) atoms. The van der Waals surface area contributed by atoms with Crippen LogP contribution in [0.25, 0.3) is 11.3 Å². The van der Waals surface area contributed by atoms with Gasteiger partial charge >= 0.3 is 0 Å². The molecule has 1 unspecified atom stereocenters. The Morgan fingerprint density at radius 2 is 2.00 bits per heavy atom. The van der Waals surface area contributed by atoms with Crippen molar-refractivity contribution in [3.8, 4) is 11.3 Å². The van der Waals surface area contributed by atoms with Crippen LogP contribution >= 0.6 is 11.8 Å². The van der Waals surface area contributed by atoms with Crippen LogP contribution in [0.3, 0.4) is 0 Å². The van der Waals surface area contributed by atoms with Crippen molar-refractivity contribution in [2.45, 2.75) is 31.5 Å². The van der Waals surface area contributed by atoms with Crippen molar-refractivity contribution < 1.29 is 4.79 Å². The van der Waals surface area contributed by atoms with Crippen molar-refractivity contribution in [2.24, 2.45) is 5.92 Å². The molecule has 0 spiro atoms. The van der Waals surface area contributed by atoms with Gasteiger partial charge in [-0.15, -0.1) is 5.10 Å². The first-order chi connectivity index (χ1) is 14.7. The van der Waals surface area contributed by atoms with Crippen molar-refractivity contribution in [2.75, 3.05) is 29.1 Å². The van der Waals surface area contributed by atoms with Crippen molar-refractivity contribution in [3.63, 3.8) is 0 Å². The Morgan fingerprint density at radius 3 is 2.77 bits per heavy atom. The maximum absolute atomic E-state index is 12.9. The number of hydrogen-bond donors (Lipinski definition) is 1. The predicted octanol–water partition coefficient (Wildman–Crippen LogP) is 3.61. The molecule has 1 aromatic carbocycles. The SMILES string of the molecule is Cc1ccc(N2CCCC(C(=O)Nc3ccc(-c4cn5c(n4)SCC5)cc3)C2)nn1. The van der Waals surface area contributed by atoms with Gasteiger partial charge in [0.1, 0.15) is 0 Å². The van der Waals surface area contributed by atoms with Gasteiger partial charge in [0.05, 0.1) is 17.3 Å². The number of imidazole rings is 1. The maximum atomic E-state index is 12.9. The Bertz CT molecular complexity index is 1020. The molecule has 1 amide bonds. The minimum atomic E-state index is -0.0605. The number of amides is 1. The number of hydrogen-bond acceptors (Lipinski definition) is 6. The van der Waals surface area contributed by atoms with E-state index in [1.54, 1.807) is 11.8 Å². The summed E-state index contributed by atoms with van der Waals surface area (Å²) in [6.07, 6.45) is 3.96. The van der Waals surface area contributed by atoms with Crippen LogP contribution in [0, 0.1) is 12.8 Å². The maximum Gasteiger partial charge on any atom is 0.229 e. The van der Waals surface area contributed by atoms with Crippen molar-refractivity contribution in [3.05, 3.63) is 48.3 Å². The van der Waals surface area contributed by atoms with E-state index < -0.39 is 0 Å². The van der Waals surface area contributed by atoms with Gasteiger partial charge in [0, 0.05) is 42.8 Å². The molecule has 154 valence electrons. The smallest absolute Gasteiger partial charge is 0.229 e. The van der Waals surface area contributed by atoms with Crippen LogP contribution in [0.1, 0.15) is 18.5 Å². The average Bonchev–Trinajstić information content (AvgIpc) is 3.37. The van der Waals surface area contributed by atoms with Gasteiger partial charge in [-0.25, -0.2) is 4.98 Å². The molecule has 3 aromatic rings. The fourth-order valence-corrected chi connectivity index (χ4v) is 4.92. The van der Waals surface area contributed by atoms with E-state index in [0.717, 1.165) is 65.3 Å². The number of anilines is 2. The molecule has 4 heterocycles. The quantitative estimate of drug-likeness (QED) is 0.695. The first kappa shape index (κ1) is 19.1. The number of fused-ring (bicyclic) bond motifs is 1. The highest BCUT2D eigenvalue weighted by Gasteiger charge is 2.27. The van der Waals surface area contributed by atoms with Crippen molar-refractivity contribution >= 4 is 29.2 Å². The molecule has 1 atom stereocenters. The van der Waals surface area contributed by atoms with Gasteiger partial charge in [-0.1, -0.05) is 23.9 Å². The number of rotatable bonds is 4. The third kappa shape index (κ3) is 3.92. The summed E-state index contributed by atoms with van der Waals surface area (Å²) in [5.74, 6) is 1.94. The molecular weight excluding hydrogens is 396 g/mol. The summed E-state index contributed by atoms with van der Waals surface area (Å²) in [4.78, 5) is 19.7. The second-order valence-corrected chi connectivity index (χ2v) is 8.90. The third-order valence-corrected chi connectivity index (χ3v) is 6.62. The molecule has 0 saturated carbocycles. The third-order valence-electron chi connectivity index (χ3n) is 5.65. The van der Waals surface area contributed by atoms with E-state index in [4.69, 9.17) is 0 Å². The Balaban J connectivity index is 1.23. The standard InChI is InChI=1S/C22H24N6OS/c1-15-4-9-20(26-25-15)27-10-2-3-17(13-27)21(29)23-18-7-5-16(6-8-18)19-14-28-11-12-30-22(28)24-19/h4-9,14,17H,2-3,10-13H2,1H3,(H,23,29). The van der Waals surface area contributed by atoms with E-state index in [2.05, 4.69) is 36.2 Å². The number of nitrogens with zero attached hydrogens (tertiary/aromatic N) is 5. The molecule has 0 radical (unpaired) electrons. The molecule has 0 aliphatic carbocycles. The molecule has 7 nitrogen and oxygen atoms in total. The zero-order valence-electron chi connectivity index (χ0n) is 16.9. The summed E-state index contributed by atoms with van der Waals surface area (Å²) in [7, 11) is 0. The first-order valence-corrected chi connectivity index (χ1v) is 11.3. The normalized spacial score (nSPS) is 18.3. The monoisotopic (exact) mass is 420 g/mol.